The minimum absolute atomic E-state index is 0.0125. The highest BCUT2D eigenvalue weighted by Gasteiger charge is 2.52. The molecule has 1 spiro atoms. The molecule has 0 unspecified atom stereocenters. The molecule has 0 N–H and O–H groups in total. The minimum atomic E-state index is -3.11. The van der Waals surface area contributed by atoms with Crippen molar-refractivity contribution in [2.75, 3.05) is 30.0 Å². The molecule has 36 heavy (non-hydrogen) atoms. The third kappa shape index (κ3) is 4.37. The van der Waals surface area contributed by atoms with Gasteiger partial charge in [-0.1, -0.05) is 11.6 Å². The molecular formula is C25H28ClN5O4S. The molecule has 0 radical (unpaired) electrons. The van der Waals surface area contributed by atoms with Crippen LogP contribution in [0.4, 0.5) is 5.69 Å². The number of nitrogens with zero attached hydrogens (tertiary/aromatic N) is 5. The molecule has 4 heterocycles. The van der Waals surface area contributed by atoms with Crippen LogP contribution in [0.15, 0.2) is 36.7 Å². The van der Waals surface area contributed by atoms with Gasteiger partial charge in [-0.25, -0.2) is 13.4 Å². The fourth-order valence-corrected chi connectivity index (χ4v) is 6.30. The van der Waals surface area contributed by atoms with Crippen LogP contribution in [0.2, 0.25) is 5.02 Å². The van der Waals surface area contributed by atoms with Crippen molar-refractivity contribution in [3.05, 3.63) is 53.1 Å². The quantitative estimate of drug-likeness (QED) is 0.486. The SMILES string of the molecule is CC(=O)N1CCC2(CC1)C(=O)N(Cc1nc3cc(Cl)ccc3n1CCCS(C)(=O)=O)c1cnccc12. The second-order valence-electron chi connectivity index (χ2n) is 9.67. The summed E-state index contributed by atoms with van der Waals surface area (Å²) < 4.78 is 25.4. The number of fused-ring (bicyclic) bond motifs is 3. The van der Waals surface area contributed by atoms with Crippen LogP contribution in [0.5, 0.6) is 0 Å². The van der Waals surface area contributed by atoms with Crippen LogP contribution >= 0.6 is 11.6 Å². The Kier molecular flexibility index (Phi) is 6.28. The number of pyridine rings is 1. The first-order valence-electron chi connectivity index (χ1n) is 11.9. The van der Waals surface area contributed by atoms with Crippen molar-refractivity contribution in [3.8, 4) is 0 Å². The van der Waals surface area contributed by atoms with Crippen LogP contribution in [0.25, 0.3) is 11.0 Å². The zero-order valence-electron chi connectivity index (χ0n) is 20.3. The Labute approximate surface area is 215 Å². The lowest BCUT2D eigenvalue weighted by molar-refractivity contribution is -0.133. The zero-order chi connectivity index (χ0) is 25.7. The third-order valence-corrected chi connectivity index (χ3v) is 8.57. The molecule has 5 rings (SSSR count). The number of hydrogen-bond donors (Lipinski definition) is 0. The first kappa shape index (κ1) is 24.7. The van der Waals surface area contributed by atoms with Gasteiger partial charge in [0.2, 0.25) is 11.8 Å². The predicted molar refractivity (Wildman–Crippen MR) is 138 cm³/mol. The number of anilines is 1. The summed E-state index contributed by atoms with van der Waals surface area (Å²) in [5.41, 5.74) is 2.53. The monoisotopic (exact) mass is 529 g/mol. The average molecular weight is 530 g/mol. The Bertz CT molecular complexity index is 1460. The number of amides is 2. The van der Waals surface area contributed by atoms with Gasteiger partial charge in [-0.3, -0.25) is 14.6 Å². The number of carbonyl (C=O) groups excluding carboxylic acids is 2. The van der Waals surface area contributed by atoms with Crippen LogP contribution < -0.4 is 4.90 Å². The summed E-state index contributed by atoms with van der Waals surface area (Å²) in [5.74, 6) is 0.720. The number of carbonyl (C=O) groups is 2. The first-order valence-corrected chi connectivity index (χ1v) is 14.4. The highest BCUT2D eigenvalue weighted by atomic mass is 35.5. The molecule has 1 saturated heterocycles. The van der Waals surface area contributed by atoms with Crippen molar-refractivity contribution in [3.63, 3.8) is 0 Å². The largest absolute Gasteiger partial charge is 0.343 e. The maximum Gasteiger partial charge on any atom is 0.238 e. The van der Waals surface area contributed by atoms with Gasteiger partial charge in [-0.05, 0) is 49.1 Å². The van der Waals surface area contributed by atoms with Crippen LogP contribution in [0.3, 0.4) is 0 Å². The molecule has 0 aliphatic carbocycles. The van der Waals surface area contributed by atoms with Crippen LogP contribution in [0.1, 0.15) is 37.6 Å². The molecule has 2 aromatic heterocycles. The fraction of sp³-hybridized carbons (Fsp3) is 0.440. The highest BCUT2D eigenvalue weighted by molar-refractivity contribution is 7.90. The lowest BCUT2D eigenvalue weighted by atomic mass is 9.74. The average Bonchev–Trinajstić information content (AvgIpc) is 3.27. The predicted octanol–water partition coefficient (Wildman–Crippen LogP) is 2.95. The van der Waals surface area contributed by atoms with Crippen LogP contribution in [-0.2, 0) is 37.9 Å². The summed E-state index contributed by atoms with van der Waals surface area (Å²) in [6.07, 6.45) is 6.18. The van der Waals surface area contributed by atoms with Crippen molar-refractivity contribution in [1.82, 2.24) is 19.4 Å². The number of benzene rings is 1. The van der Waals surface area contributed by atoms with E-state index < -0.39 is 15.3 Å². The van der Waals surface area contributed by atoms with Gasteiger partial charge in [-0.2, -0.15) is 0 Å². The Balaban J connectivity index is 1.50. The smallest absolute Gasteiger partial charge is 0.238 e. The second-order valence-corrected chi connectivity index (χ2v) is 12.4. The summed E-state index contributed by atoms with van der Waals surface area (Å²) in [7, 11) is -3.11. The van der Waals surface area contributed by atoms with Crippen molar-refractivity contribution < 1.29 is 18.0 Å². The molecule has 1 fully saturated rings. The number of aromatic nitrogens is 3. The van der Waals surface area contributed by atoms with Gasteiger partial charge in [0.15, 0.2) is 0 Å². The number of halogens is 1. The molecule has 2 aliphatic rings. The molecule has 0 bridgehead atoms. The van der Waals surface area contributed by atoms with E-state index in [0.29, 0.717) is 55.3 Å². The third-order valence-electron chi connectivity index (χ3n) is 7.31. The van der Waals surface area contributed by atoms with E-state index in [1.807, 2.05) is 16.7 Å². The fourth-order valence-electron chi connectivity index (χ4n) is 5.48. The van der Waals surface area contributed by atoms with E-state index in [9.17, 15) is 18.0 Å². The number of rotatable bonds is 6. The molecule has 1 aromatic carbocycles. The van der Waals surface area contributed by atoms with Gasteiger partial charge < -0.3 is 14.4 Å². The van der Waals surface area contributed by atoms with Gasteiger partial charge in [-0.15, -0.1) is 0 Å². The number of imidazole rings is 1. The Morgan fingerprint density at radius 2 is 1.94 bits per heavy atom. The first-order chi connectivity index (χ1) is 17.1. The normalized spacial score (nSPS) is 17.2. The molecule has 2 aliphatic heterocycles. The minimum Gasteiger partial charge on any atom is -0.343 e. The van der Waals surface area contributed by atoms with Gasteiger partial charge in [0.05, 0.1) is 40.6 Å². The van der Waals surface area contributed by atoms with Gasteiger partial charge >= 0.3 is 0 Å². The molecule has 3 aromatic rings. The number of aryl methyl sites for hydroxylation is 1. The molecule has 0 atom stereocenters. The Hall–Kier alpha value is -2.98. The Morgan fingerprint density at radius 3 is 2.64 bits per heavy atom. The van der Waals surface area contributed by atoms with Gasteiger partial charge in [0, 0.05) is 44.0 Å². The van der Waals surface area contributed by atoms with E-state index in [-0.39, 0.29) is 24.1 Å². The van der Waals surface area contributed by atoms with Gasteiger partial charge in [0.1, 0.15) is 15.7 Å². The van der Waals surface area contributed by atoms with E-state index in [1.54, 1.807) is 41.2 Å². The summed E-state index contributed by atoms with van der Waals surface area (Å²) in [6.45, 7) is 3.28. The lowest BCUT2D eigenvalue weighted by Crippen LogP contribution is -2.49. The lowest BCUT2D eigenvalue weighted by Gasteiger charge is -2.38. The standard InChI is InChI=1S/C25H28ClN5O4S/c1-17(32)29-11-7-25(8-12-29)19-6-9-27-15-22(19)31(24(25)33)16-23-28-20-14-18(26)4-5-21(20)30(23)10-3-13-36(2,34)35/h4-6,9,14-15H,3,7-8,10-13,16H2,1-2H3. The molecule has 0 saturated carbocycles. The number of likely N-dealkylation sites (tertiary alicyclic amines) is 1. The van der Waals surface area contributed by atoms with Crippen molar-refractivity contribution in [2.45, 2.75) is 44.7 Å². The summed E-state index contributed by atoms with van der Waals surface area (Å²) in [4.78, 5) is 38.5. The van der Waals surface area contributed by atoms with Crippen LogP contribution in [-0.4, -0.2) is 64.8 Å². The second kappa shape index (κ2) is 9.15. The van der Waals surface area contributed by atoms with Crippen LogP contribution in [0, 0.1) is 0 Å². The summed E-state index contributed by atoms with van der Waals surface area (Å²) in [5, 5.41) is 0.554. The Morgan fingerprint density at radius 1 is 1.19 bits per heavy atom. The van der Waals surface area contributed by atoms with E-state index >= 15 is 0 Å². The van der Waals surface area contributed by atoms with Crippen molar-refractivity contribution in [1.29, 1.82) is 0 Å². The maximum atomic E-state index is 14.0. The number of sulfone groups is 1. The molecule has 190 valence electrons. The van der Waals surface area contributed by atoms with Gasteiger partial charge in [0.25, 0.3) is 0 Å². The van der Waals surface area contributed by atoms with E-state index in [2.05, 4.69) is 4.98 Å². The molecular weight excluding hydrogens is 502 g/mol. The van der Waals surface area contributed by atoms with E-state index in [0.717, 1.165) is 16.8 Å². The van der Waals surface area contributed by atoms with E-state index in [1.165, 1.54) is 6.26 Å². The maximum absolute atomic E-state index is 14.0. The highest BCUT2D eigenvalue weighted by Crippen LogP contribution is 2.48. The topological polar surface area (TPSA) is 105 Å². The van der Waals surface area contributed by atoms with Crippen molar-refractivity contribution >= 4 is 50.0 Å². The number of piperidine rings is 1. The number of hydrogen-bond acceptors (Lipinski definition) is 6. The molecule has 11 heteroatoms. The molecule has 9 nitrogen and oxygen atoms in total. The molecule has 2 amide bonds. The summed E-state index contributed by atoms with van der Waals surface area (Å²) in [6, 6.07) is 7.33. The van der Waals surface area contributed by atoms with E-state index in [4.69, 9.17) is 16.6 Å². The van der Waals surface area contributed by atoms with Crippen molar-refractivity contribution in [2.24, 2.45) is 0 Å². The summed E-state index contributed by atoms with van der Waals surface area (Å²) >= 11 is 6.21. The zero-order valence-corrected chi connectivity index (χ0v) is 21.8.